The molecule has 0 bridgehead atoms. The molecule has 1 unspecified atom stereocenters. The van der Waals surface area contributed by atoms with Crippen LogP contribution in [0, 0.1) is 6.92 Å². The van der Waals surface area contributed by atoms with Crippen molar-refractivity contribution in [2.45, 2.75) is 19.2 Å². The van der Waals surface area contributed by atoms with Crippen LogP contribution in [0.15, 0.2) is 40.8 Å². The van der Waals surface area contributed by atoms with Crippen molar-refractivity contribution >= 4 is 17.5 Å². The van der Waals surface area contributed by atoms with Gasteiger partial charge in [0, 0.05) is 5.69 Å². The number of hydrogen-bond acceptors (Lipinski definition) is 4. The van der Waals surface area contributed by atoms with Crippen LogP contribution in [0.4, 0.5) is 18.9 Å². The van der Waals surface area contributed by atoms with Gasteiger partial charge < -0.3 is 20.2 Å². The Balaban J connectivity index is 1.91. The van der Waals surface area contributed by atoms with Gasteiger partial charge in [-0.05, 0) is 37.3 Å². The van der Waals surface area contributed by atoms with Gasteiger partial charge >= 0.3 is 18.0 Å². The summed E-state index contributed by atoms with van der Waals surface area (Å²) in [6.45, 7) is 1.39. The van der Waals surface area contributed by atoms with E-state index in [1.807, 2.05) is 0 Å². The molecule has 9 heteroatoms. The minimum Gasteiger partial charge on any atom is -0.464 e. The molecule has 134 valence electrons. The lowest BCUT2D eigenvalue weighted by molar-refractivity contribution is -0.137. The fourth-order valence-electron chi connectivity index (χ4n) is 1.96. The summed E-state index contributed by atoms with van der Waals surface area (Å²) in [6.07, 6.45) is -5.71. The highest BCUT2D eigenvalue weighted by Crippen LogP contribution is 2.30. The summed E-state index contributed by atoms with van der Waals surface area (Å²) in [6, 6.07) is 7.04. The summed E-state index contributed by atoms with van der Waals surface area (Å²) >= 11 is 0. The number of carbonyl (C=O) groups is 2. The highest BCUT2D eigenvalue weighted by Gasteiger charge is 2.30. The minimum atomic E-state index is -4.56. The van der Waals surface area contributed by atoms with E-state index in [9.17, 15) is 27.9 Å². The van der Waals surface area contributed by atoms with Crippen LogP contribution in [0.3, 0.4) is 0 Å². The van der Waals surface area contributed by atoms with Crippen LogP contribution in [0.25, 0.3) is 0 Å². The molecule has 1 heterocycles. The number of anilines is 1. The topological polar surface area (TPSA) is 91.6 Å². The van der Waals surface area contributed by atoms with E-state index in [1.54, 1.807) is 13.0 Å². The van der Waals surface area contributed by atoms with E-state index < -0.39 is 29.7 Å². The van der Waals surface area contributed by atoms with Crippen LogP contribution < -0.4 is 10.6 Å². The summed E-state index contributed by atoms with van der Waals surface area (Å²) in [5.41, 5.74) is -1.12. The van der Waals surface area contributed by atoms with Crippen LogP contribution in [-0.4, -0.2) is 23.5 Å². The Kier molecular flexibility index (Phi) is 5.48. The van der Waals surface area contributed by atoms with Gasteiger partial charge in [0.25, 0.3) is 0 Å². The second-order valence-corrected chi connectivity index (χ2v) is 5.21. The molecule has 25 heavy (non-hydrogen) atoms. The molecule has 0 fully saturated rings. The van der Waals surface area contributed by atoms with Crippen molar-refractivity contribution < 1.29 is 32.3 Å². The van der Waals surface area contributed by atoms with Gasteiger partial charge in [-0.1, -0.05) is 6.07 Å². The molecule has 0 saturated carbocycles. The molecule has 0 aliphatic heterocycles. The number of benzene rings is 1. The molecule has 0 saturated heterocycles. The summed E-state index contributed by atoms with van der Waals surface area (Å²) in [5, 5.41) is 14.1. The molecule has 2 rings (SSSR count). The van der Waals surface area contributed by atoms with Gasteiger partial charge in [-0.2, -0.15) is 13.2 Å². The van der Waals surface area contributed by atoms with E-state index in [2.05, 4.69) is 10.6 Å². The third-order valence-corrected chi connectivity index (χ3v) is 3.20. The highest BCUT2D eigenvalue weighted by molar-refractivity contribution is 6.39. The maximum absolute atomic E-state index is 12.6. The number of halogens is 3. The lowest BCUT2D eigenvalue weighted by Gasteiger charge is -2.11. The standard InChI is InChI=1S/C16H15F3N2O4/c1-9-5-6-13(25-9)12(22)8-20-14(23)15(24)21-11-4-2-3-10(7-11)16(17,18)19/h2-7,12,22H,8H2,1H3,(H,20,23)(H,21,24). The molecule has 0 radical (unpaired) electrons. The van der Waals surface area contributed by atoms with Gasteiger partial charge in [0.15, 0.2) is 0 Å². The number of furan rings is 1. The second kappa shape index (κ2) is 7.39. The smallest absolute Gasteiger partial charge is 0.416 e. The highest BCUT2D eigenvalue weighted by atomic mass is 19.4. The third kappa shape index (κ3) is 5.08. The summed E-state index contributed by atoms with van der Waals surface area (Å²) in [5.74, 6) is -1.46. The largest absolute Gasteiger partial charge is 0.464 e. The van der Waals surface area contributed by atoms with E-state index in [-0.39, 0.29) is 18.0 Å². The number of aliphatic hydroxyl groups is 1. The first-order valence-corrected chi connectivity index (χ1v) is 7.17. The molecule has 2 aromatic rings. The zero-order chi connectivity index (χ0) is 18.6. The van der Waals surface area contributed by atoms with Crippen LogP contribution in [0.1, 0.15) is 23.2 Å². The van der Waals surface area contributed by atoms with Crippen LogP contribution in [0.5, 0.6) is 0 Å². The van der Waals surface area contributed by atoms with Gasteiger partial charge in [0.05, 0.1) is 12.1 Å². The Morgan fingerprint density at radius 1 is 1.20 bits per heavy atom. The fraction of sp³-hybridized carbons (Fsp3) is 0.250. The first kappa shape index (κ1) is 18.5. The van der Waals surface area contributed by atoms with Gasteiger partial charge in [-0.15, -0.1) is 0 Å². The van der Waals surface area contributed by atoms with Crippen molar-refractivity contribution in [1.29, 1.82) is 0 Å². The Bertz CT molecular complexity index is 771. The average Bonchev–Trinajstić information content (AvgIpc) is 2.98. The van der Waals surface area contributed by atoms with Crippen LogP contribution >= 0.6 is 0 Å². The maximum atomic E-state index is 12.6. The van der Waals surface area contributed by atoms with Crippen molar-refractivity contribution in [1.82, 2.24) is 5.32 Å². The zero-order valence-electron chi connectivity index (χ0n) is 13.1. The van der Waals surface area contributed by atoms with Crippen LogP contribution in [0.2, 0.25) is 0 Å². The van der Waals surface area contributed by atoms with Gasteiger partial charge in [0.2, 0.25) is 0 Å². The lowest BCUT2D eigenvalue weighted by Crippen LogP contribution is -2.37. The normalized spacial score (nSPS) is 12.5. The van der Waals surface area contributed by atoms with Crippen LogP contribution in [-0.2, 0) is 15.8 Å². The molecule has 1 aromatic heterocycles. The van der Waals surface area contributed by atoms with Crippen molar-refractivity contribution in [3.63, 3.8) is 0 Å². The molecule has 3 N–H and O–H groups in total. The van der Waals surface area contributed by atoms with Gasteiger partial charge in [0.1, 0.15) is 17.6 Å². The van der Waals surface area contributed by atoms with E-state index >= 15 is 0 Å². The Hall–Kier alpha value is -2.81. The Labute approximate surface area is 140 Å². The van der Waals surface area contributed by atoms with Crippen molar-refractivity contribution in [3.05, 3.63) is 53.5 Å². The van der Waals surface area contributed by atoms with Crippen molar-refractivity contribution in [2.75, 3.05) is 11.9 Å². The zero-order valence-corrected chi connectivity index (χ0v) is 13.1. The monoisotopic (exact) mass is 356 g/mol. The summed E-state index contributed by atoms with van der Waals surface area (Å²) < 4.78 is 43.0. The molecular weight excluding hydrogens is 341 g/mol. The van der Waals surface area contributed by atoms with E-state index in [4.69, 9.17) is 4.42 Å². The quantitative estimate of drug-likeness (QED) is 0.734. The minimum absolute atomic E-state index is 0.169. The third-order valence-electron chi connectivity index (χ3n) is 3.20. The molecule has 1 aromatic carbocycles. The molecule has 1 atom stereocenters. The molecular formula is C16H15F3N2O4. The number of hydrogen-bond donors (Lipinski definition) is 3. The molecule has 0 aliphatic carbocycles. The van der Waals surface area contributed by atoms with Gasteiger partial charge in [-0.25, -0.2) is 0 Å². The fourth-order valence-corrected chi connectivity index (χ4v) is 1.96. The predicted octanol–water partition coefficient (Wildman–Crippen LogP) is 2.40. The average molecular weight is 356 g/mol. The van der Waals surface area contributed by atoms with E-state index in [0.29, 0.717) is 11.8 Å². The number of aliphatic hydroxyl groups excluding tert-OH is 1. The Morgan fingerprint density at radius 3 is 2.52 bits per heavy atom. The predicted molar refractivity (Wildman–Crippen MR) is 81.5 cm³/mol. The molecule has 0 aliphatic rings. The van der Waals surface area contributed by atoms with E-state index in [0.717, 1.165) is 12.1 Å². The second-order valence-electron chi connectivity index (χ2n) is 5.21. The molecule has 0 spiro atoms. The number of nitrogens with one attached hydrogen (secondary N) is 2. The van der Waals surface area contributed by atoms with Gasteiger partial charge in [-0.3, -0.25) is 9.59 Å². The number of rotatable bonds is 4. The molecule has 6 nitrogen and oxygen atoms in total. The number of aryl methyl sites for hydroxylation is 1. The van der Waals surface area contributed by atoms with Crippen molar-refractivity contribution in [3.8, 4) is 0 Å². The summed E-state index contributed by atoms with van der Waals surface area (Å²) in [7, 11) is 0. The first-order valence-electron chi connectivity index (χ1n) is 7.17. The SMILES string of the molecule is Cc1ccc(C(O)CNC(=O)C(=O)Nc2cccc(C(F)(F)F)c2)o1. The summed E-state index contributed by atoms with van der Waals surface area (Å²) in [4.78, 5) is 23.4. The molecule has 2 amide bonds. The number of alkyl halides is 3. The lowest BCUT2D eigenvalue weighted by atomic mass is 10.2. The van der Waals surface area contributed by atoms with Crippen molar-refractivity contribution in [2.24, 2.45) is 0 Å². The first-order chi connectivity index (χ1) is 11.7. The van der Waals surface area contributed by atoms with E-state index in [1.165, 1.54) is 12.1 Å². The maximum Gasteiger partial charge on any atom is 0.416 e. The number of carbonyl (C=O) groups excluding carboxylic acids is 2. The Morgan fingerprint density at radius 2 is 1.92 bits per heavy atom. The number of amides is 2.